The fraction of sp³-hybridized carbons (Fsp3) is 0.286. The Morgan fingerprint density at radius 3 is 2.45 bits per heavy atom. The van der Waals surface area contributed by atoms with Gasteiger partial charge in [0.15, 0.2) is 0 Å². The van der Waals surface area contributed by atoms with E-state index in [0.717, 1.165) is 29.9 Å². The molecule has 0 saturated carbocycles. The Morgan fingerprint density at radius 2 is 1.83 bits per heavy atom. The number of imidazole rings is 1. The summed E-state index contributed by atoms with van der Waals surface area (Å²) in [5, 5.41) is 0. The molecule has 148 valence electrons. The number of nitrogens with two attached hydrogens (primary N) is 1. The molecule has 3 heterocycles. The summed E-state index contributed by atoms with van der Waals surface area (Å²) in [6, 6.07) is 9.50. The molecule has 1 fully saturated rings. The first-order chi connectivity index (χ1) is 14.0. The molecule has 1 aliphatic heterocycles. The van der Waals surface area contributed by atoms with Gasteiger partial charge < -0.3 is 15.6 Å². The molecule has 0 atom stereocenters. The zero-order valence-electron chi connectivity index (χ0n) is 16.1. The van der Waals surface area contributed by atoms with Crippen molar-refractivity contribution in [2.45, 2.75) is 25.7 Å². The van der Waals surface area contributed by atoms with E-state index < -0.39 is 5.91 Å². The van der Waals surface area contributed by atoms with Crippen LogP contribution in [0.1, 0.15) is 51.3 Å². The monoisotopic (exact) mass is 390 g/mol. The van der Waals surface area contributed by atoms with Crippen LogP contribution in [-0.4, -0.2) is 49.7 Å². The van der Waals surface area contributed by atoms with Crippen LogP contribution < -0.4 is 5.73 Å². The highest BCUT2D eigenvalue weighted by molar-refractivity contribution is 5.97. The van der Waals surface area contributed by atoms with E-state index >= 15 is 0 Å². The number of nitrogens with zero attached hydrogens (tertiary/aromatic N) is 4. The van der Waals surface area contributed by atoms with Gasteiger partial charge in [-0.1, -0.05) is 30.3 Å². The van der Waals surface area contributed by atoms with Crippen LogP contribution in [0.25, 0.3) is 11.3 Å². The molecule has 1 aromatic carbocycles. The number of hydrogen-bond acceptors (Lipinski definition) is 5. The lowest BCUT2D eigenvalue weighted by atomic mass is 9.96. The van der Waals surface area contributed by atoms with Gasteiger partial charge in [0.05, 0.1) is 11.9 Å². The third-order valence-electron chi connectivity index (χ3n) is 5.18. The molecule has 3 aromatic rings. The summed E-state index contributed by atoms with van der Waals surface area (Å²) in [7, 11) is 0. The highest BCUT2D eigenvalue weighted by Crippen LogP contribution is 2.30. The zero-order chi connectivity index (χ0) is 20.4. The maximum atomic E-state index is 12.6. The minimum Gasteiger partial charge on any atom is -0.364 e. The van der Waals surface area contributed by atoms with Crippen molar-refractivity contribution in [3.63, 3.8) is 0 Å². The lowest BCUT2D eigenvalue weighted by Gasteiger charge is -2.30. The number of nitrogens with one attached hydrogen (secondary N) is 1. The number of benzene rings is 1. The number of aromatic nitrogens is 4. The number of piperidine rings is 1. The number of carbonyl (C=O) groups excluding carboxylic acids is 2. The topological polar surface area (TPSA) is 118 Å². The number of rotatable bonds is 4. The first kappa shape index (κ1) is 18.8. The van der Waals surface area contributed by atoms with Crippen LogP contribution >= 0.6 is 0 Å². The van der Waals surface area contributed by atoms with Crippen LogP contribution in [0.3, 0.4) is 0 Å². The third-order valence-corrected chi connectivity index (χ3v) is 5.18. The van der Waals surface area contributed by atoms with Crippen molar-refractivity contribution < 1.29 is 9.59 Å². The van der Waals surface area contributed by atoms with Crippen molar-refractivity contribution >= 4 is 11.8 Å². The number of primary amides is 1. The molecule has 0 unspecified atom stereocenters. The van der Waals surface area contributed by atoms with Gasteiger partial charge in [0, 0.05) is 30.8 Å². The summed E-state index contributed by atoms with van der Waals surface area (Å²) in [6.45, 7) is 3.01. The highest BCUT2D eigenvalue weighted by atomic mass is 16.2. The predicted octanol–water partition coefficient (Wildman–Crippen LogP) is 2.29. The number of carbonyl (C=O) groups is 2. The van der Waals surface area contributed by atoms with E-state index in [4.69, 9.17) is 5.73 Å². The molecule has 0 bridgehead atoms. The van der Waals surface area contributed by atoms with Crippen molar-refractivity contribution in [2.24, 2.45) is 5.73 Å². The Bertz CT molecular complexity index is 1020. The van der Waals surface area contributed by atoms with Crippen molar-refractivity contribution in [1.82, 2.24) is 24.8 Å². The van der Waals surface area contributed by atoms with Crippen LogP contribution in [0.2, 0.25) is 0 Å². The Kier molecular flexibility index (Phi) is 5.07. The molecule has 3 N–H and O–H groups in total. The first-order valence-corrected chi connectivity index (χ1v) is 9.56. The minimum atomic E-state index is -0.534. The Morgan fingerprint density at radius 1 is 1.10 bits per heavy atom. The number of H-pyrrole nitrogens is 1. The number of aryl methyl sites for hydroxylation is 1. The second-order valence-electron chi connectivity index (χ2n) is 7.19. The summed E-state index contributed by atoms with van der Waals surface area (Å²) < 4.78 is 0. The highest BCUT2D eigenvalue weighted by Gasteiger charge is 2.28. The van der Waals surface area contributed by atoms with Gasteiger partial charge in [-0.15, -0.1) is 0 Å². The molecule has 0 aliphatic carbocycles. The lowest BCUT2D eigenvalue weighted by Crippen LogP contribution is -2.38. The van der Waals surface area contributed by atoms with Gasteiger partial charge >= 0.3 is 0 Å². The van der Waals surface area contributed by atoms with Gasteiger partial charge in [-0.25, -0.2) is 9.97 Å². The number of likely N-dealkylation sites (tertiary alicyclic amines) is 1. The maximum absolute atomic E-state index is 12.6. The van der Waals surface area contributed by atoms with Gasteiger partial charge in [0.2, 0.25) is 0 Å². The van der Waals surface area contributed by atoms with Gasteiger partial charge in [0.1, 0.15) is 22.9 Å². The molecule has 2 aromatic heterocycles. The largest absolute Gasteiger partial charge is 0.364 e. The summed E-state index contributed by atoms with van der Waals surface area (Å²) in [6.07, 6.45) is 4.59. The predicted molar refractivity (Wildman–Crippen MR) is 107 cm³/mol. The average molecular weight is 390 g/mol. The van der Waals surface area contributed by atoms with E-state index in [0.29, 0.717) is 30.2 Å². The molecule has 0 radical (unpaired) electrons. The van der Waals surface area contributed by atoms with Crippen LogP contribution in [0, 0.1) is 6.92 Å². The van der Waals surface area contributed by atoms with E-state index in [-0.39, 0.29) is 11.8 Å². The summed E-state index contributed by atoms with van der Waals surface area (Å²) in [5.74, 6) is 0.213. The van der Waals surface area contributed by atoms with Crippen molar-refractivity contribution in [2.75, 3.05) is 13.1 Å². The molecular weight excluding hydrogens is 368 g/mol. The molecule has 8 heteroatoms. The quantitative estimate of drug-likeness (QED) is 0.709. The van der Waals surface area contributed by atoms with E-state index in [1.54, 1.807) is 11.1 Å². The molecule has 2 amide bonds. The van der Waals surface area contributed by atoms with E-state index in [9.17, 15) is 9.59 Å². The Hall–Kier alpha value is -3.55. The zero-order valence-corrected chi connectivity index (χ0v) is 16.1. The number of hydrogen-bond donors (Lipinski definition) is 2. The van der Waals surface area contributed by atoms with Crippen LogP contribution in [0.4, 0.5) is 0 Å². The summed E-state index contributed by atoms with van der Waals surface area (Å²) >= 11 is 0. The summed E-state index contributed by atoms with van der Waals surface area (Å²) in [4.78, 5) is 42.4. The van der Waals surface area contributed by atoms with E-state index in [1.807, 2.05) is 37.3 Å². The third kappa shape index (κ3) is 3.87. The second kappa shape index (κ2) is 7.83. The van der Waals surface area contributed by atoms with Crippen molar-refractivity contribution in [3.8, 4) is 11.3 Å². The molecule has 1 saturated heterocycles. The van der Waals surface area contributed by atoms with Gasteiger partial charge in [-0.3, -0.25) is 14.6 Å². The fourth-order valence-electron chi connectivity index (χ4n) is 3.59. The Balaban J connectivity index is 1.49. The minimum absolute atomic E-state index is 0.113. The molecule has 0 spiro atoms. The number of amides is 2. The van der Waals surface area contributed by atoms with Gasteiger partial charge in [-0.2, -0.15) is 0 Å². The van der Waals surface area contributed by atoms with Crippen molar-refractivity contribution in [1.29, 1.82) is 0 Å². The SMILES string of the molecule is Cc1cnc(C(=O)N2CCC(c3nc(-c4ccccc4)c(C(N)=O)[nH]3)CC2)cn1. The fourth-order valence-corrected chi connectivity index (χ4v) is 3.59. The molecule has 4 rings (SSSR count). The molecular formula is C21H22N6O2. The van der Waals surface area contributed by atoms with Gasteiger partial charge in [0.25, 0.3) is 11.8 Å². The van der Waals surface area contributed by atoms with Crippen LogP contribution in [-0.2, 0) is 0 Å². The first-order valence-electron chi connectivity index (χ1n) is 9.56. The lowest BCUT2D eigenvalue weighted by molar-refractivity contribution is 0.0704. The van der Waals surface area contributed by atoms with Gasteiger partial charge in [-0.05, 0) is 19.8 Å². The van der Waals surface area contributed by atoms with E-state index in [1.165, 1.54) is 6.20 Å². The molecule has 1 aliphatic rings. The molecule has 29 heavy (non-hydrogen) atoms. The second-order valence-corrected chi connectivity index (χ2v) is 7.19. The normalized spacial score (nSPS) is 14.7. The van der Waals surface area contributed by atoms with Crippen LogP contribution in [0.15, 0.2) is 42.7 Å². The van der Waals surface area contributed by atoms with E-state index in [2.05, 4.69) is 19.9 Å². The smallest absolute Gasteiger partial charge is 0.274 e. The number of aromatic amines is 1. The average Bonchev–Trinajstić information content (AvgIpc) is 3.20. The van der Waals surface area contributed by atoms with Crippen LogP contribution in [0.5, 0.6) is 0 Å². The maximum Gasteiger partial charge on any atom is 0.274 e. The molecule has 8 nitrogen and oxygen atoms in total. The standard InChI is InChI=1S/C21H22N6O2/c1-13-11-24-16(12-23-13)21(29)27-9-7-15(8-10-27)20-25-17(18(26-20)19(22)28)14-5-3-2-4-6-14/h2-6,11-12,15H,7-10H2,1H3,(H2,22,28)(H,25,26). The van der Waals surface area contributed by atoms with Crippen molar-refractivity contribution in [3.05, 3.63) is 65.6 Å². The summed E-state index contributed by atoms with van der Waals surface area (Å²) in [5.41, 5.74) is 8.42. The Labute approximate surface area is 168 Å².